The minimum atomic E-state index is -0.875. The Kier molecular flexibility index (Phi) is 6.06. The molecule has 0 bridgehead atoms. The summed E-state index contributed by atoms with van der Waals surface area (Å²) >= 11 is 1.18. The average Bonchev–Trinajstić information content (AvgIpc) is 2.76. The minimum absolute atomic E-state index is 0.0316. The molecule has 1 N–H and O–H groups in total. The fourth-order valence-electron chi connectivity index (χ4n) is 1.73. The quantitative estimate of drug-likeness (QED) is 0.775. The van der Waals surface area contributed by atoms with E-state index in [2.05, 4.69) is 4.98 Å². The summed E-state index contributed by atoms with van der Waals surface area (Å²) in [5.41, 5.74) is 1.02. The summed E-state index contributed by atoms with van der Waals surface area (Å²) in [7, 11) is 3.44. The van der Waals surface area contributed by atoms with Gasteiger partial charge in [-0.2, -0.15) is 0 Å². The highest BCUT2D eigenvalue weighted by Gasteiger charge is 2.15. The van der Waals surface area contributed by atoms with Crippen LogP contribution in [0.25, 0.3) is 0 Å². The molecule has 1 aromatic heterocycles. The zero-order valence-corrected chi connectivity index (χ0v) is 13.1. The number of aliphatic carboxylic acids is 1. The smallest absolute Gasteiger partial charge is 0.313 e. The molecule has 0 aliphatic heterocycles. The minimum Gasteiger partial charge on any atom is -0.481 e. The van der Waals surface area contributed by atoms with Crippen LogP contribution in [-0.4, -0.2) is 51.3 Å². The first-order valence-corrected chi connectivity index (χ1v) is 7.41. The predicted molar refractivity (Wildman–Crippen MR) is 78.0 cm³/mol. The maximum Gasteiger partial charge on any atom is 0.313 e. The molecule has 0 aromatic carbocycles. The summed E-state index contributed by atoms with van der Waals surface area (Å²) in [4.78, 5) is 28.2. The zero-order chi connectivity index (χ0) is 15.3. The molecule has 7 heteroatoms. The predicted octanol–water partition coefficient (Wildman–Crippen LogP) is 1.66. The summed E-state index contributed by atoms with van der Waals surface area (Å²) in [5.74, 6) is -0.588. The highest BCUT2D eigenvalue weighted by Crippen LogP contribution is 2.23. The van der Waals surface area contributed by atoms with E-state index in [1.54, 1.807) is 25.2 Å². The van der Waals surface area contributed by atoms with Gasteiger partial charge >= 0.3 is 5.97 Å². The molecule has 1 amide bonds. The second kappa shape index (κ2) is 7.33. The molecule has 0 radical (unpaired) electrons. The van der Waals surface area contributed by atoms with Crippen LogP contribution in [0, 0.1) is 0 Å². The number of carboxylic acid groups (broad SMARTS) is 1. The molecule has 112 valence electrons. The van der Waals surface area contributed by atoms with Crippen molar-refractivity contribution in [1.82, 2.24) is 14.5 Å². The lowest BCUT2D eigenvalue weighted by Gasteiger charge is -2.15. The number of rotatable bonds is 7. The SMILES string of the molecule is CC(C)c1cnc(SCC(=O)O)n1CCC(=O)N(C)C. The van der Waals surface area contributed by atoms with E-state index in [9.17, 15) is 9.59 Å². The Morgan fingerprint density at radius 1 is 1.45 bits per heavy atom. The zero-order valence-electron chi connectivity index (χ0n) is 12.3. The van der Waals surface area contributed by atoms with Crippen LogP contribution in [0.2, 0.25) is 0 Å². The molecule has 0 fully saturated rings. The van der Waals surface area contributed by atoms with Crippen molar-refractivity contribution in [2.45, 2.75) is 37.9 Å². The lowest BCUT2D eigenvalue weighted by Crippen LogP contribution is -2.23. The fraction of sp³-hybridized carbons (Fsp3) is 0.615. The van der Waals surface area contributed by atoms with E-state index in [-0.39, 0.29) is 17.6 Å². The summed E-state index contributed by atoms with van der Waals surface area (Å²) in [5, 5.41) is 9.41. The molecule has 1 rings (SSSR count). The standard InChI is InChI=1S/C13H21N3O3S/c1-9(2)10-7-14-13(20-8-12(18)19)16(10)6-5-11(17)15(3)4/h7,9H,5-6,8H2,1-4H3,(H,18,19). The lowest BCUT2D eigenvalue weighted by atomic mass is 10.1. The van der Waals surface area contributed by atoms with Crippen molar-refractivity contribution in [3.8, 4) is 0 Å². The molecule has 1 heterocycles. The third-order valence-corrected chi connectivity index (χ3v) is 3.79. The Bertz CT molecular complexity index is 483. The van der Waals surface area contributed by atoms with E-state index in [0.717, 1.165) is 5.69 Å². The van der Waals surface area contributed by atoms with Crippen LogP contribution in [-0.2, 0) is 16.1 Å². The number of thioether (sulfide) groups is 1. The van der Waals surface area contributed by atoms with Crippen LogP contribution in [0.4, 0.5) is 0 Å². The Balaban J connectivity index is 2.85. The molecule has 0 saturated carbocycles. The van der Waals surface area contributed by atoms with Crippen LogP contribution in [0.5, 0.6) is 0 Å². The van der Waals surface area contributed by atoms with Crippen LogP contribution in [0.15, 0.2) is 11.4 Å². The number of carbonyl (C=O) groups excluding carboxylic acids is 1. The fourth-order valence-corrected chi connectivity index (χ4v) is 2.46. The van der Waals surface area contributed by atoms with E-state index in [0.29, 0.717) is 18.1 Å². The van der Waals surface area contributed by atoms with Crippen molar-refractivity contribution in [1.29, 1.82) is 0 Å². The van der Waals surface area contributed by atoms with Gasteiger partial charge in [-0.25, -0.2) is 4.98 Å². The number of imidazole rings is 1. The molecule has 0 unspecified atom stereocenters. The van der Waals surface area contributed by atoms with E-state index in [1.807, 2.05) is 18.4 Å². The molecule has 0 saturated heterocycles. The first-order chi connectivity index (χ1) is 9.32. The maximum absolute atomic E-state index is 11.7. The molecule has 0 spiro atoms. The molecule has 0 atom stereocenters. The number of amides is 1. The number of hydrogen-bond acceptors (Lipinski definition) is 4. The number of hydrogen-bond donors (Lipinski definition) is 1. The van der Waals surface area contributed by atoms with Gasteiger partial charge in [0.15, 0.2) is 5.16 Å². The van der Waals surface area contributed by atoms with Gasteiger partial charge in [0.05, 0.1) is 5.75 Å². The number of nitrogens with zero attached hydrogens (tertiary/aromatic N) is 3. The molecular weight excluding hydrogens is 278 g/mol. The summed E-state index contributed by atoms with van der Waals surface area (Å²) in [6.45, 7) is 4.62. The van der Waals surface area contributed by atoms with Crippen molar-refractivity contribution >= 4 is 23.6 Å². The number of carboxylic acids is 1. The lowest BCUT2D eigenvalue weighted by molar-refractivity contribution is -0.134. The van der Waals surface area contributed by atoms with Crippen LogP contribution in [0.1, 0.15) is 31.9 Å². The molecular formula is C13H21N3O3S. The van der Waals surface area contributed by atoms with E-state index in [4.69, 9.17) is 5.11 Å². The van der Waals surface area contributed by atoms with Gasteiger partial charge in [0, 0.05) is 39.0 Å². The average molecular weight is 299 g/mol. The third kappa shape index (κ3) is 4.56. The van der Waals surface area contributed by atoms with Crippen LogP contribution in [0.3, 0.4) is 0 Å². The van der Waals surface area contributed by atoms with Crippen molar-refractivity contribution < 1.29 is 14.7 Å². The van der Waals surface area contributed by atoms with Crippen molar-refractivity contribution in [3.63, 3.8) is 0 Å². The van der Waals surface area contributed by atoms with Gasteiger partial charge in [0.2, 0.25) is 5.91 Å². The third-order valence-electron chi connectivity index (χ3n) is 2.81. The van der Waals surface area contributed by atoms with Crippen molar-refractivity contribution in [3.05, 3.63) is 11.9 Å². The summed E-state index contributed by atoms with van der Waals surface area (Å²) in [6, 6.07) is 0. The van der Waals surface area contributed by atoms with Crippen LogP contribution < -0.4 is 0 Å². The highest BCUT2D eigenvalue weighted by atomic mass is 32.2. The van der Waals surface area contributed by atoms with Crippen molar-refractivity contribution in [2.75, 3.05) is 19.8 Å². The van der Waals surface area contributed by atoms with E-state index < -0.39 is 5.97 Å². The van der Waals surface area contributed by atoms with Gasteiger partial charge in [-0.15, -0.1) is 0 Å². The van der Waals surface area contributed by atoms with Gasteiger partial charge < -0.3 is 14.6 Å². The number of carbonyl (C=O) groups is 2. The van der Waals surface area contributed by atoms with Gasteiger partial charge in [-0.3, -0.25) is 9.59 Å². The van der Waals surface area contributed by atoms with E-state index >= 15 is 0 Å². The molecule has 0 aliphatic carbocycles. The first-order valence-electron chi connectivity index (χ1n) is 6.43. The Morgan fingerprint density at radius 2 is 2.10 bits per heavy atom. The van der Waals surface area contributed by atoms with E-state index in [1.165, 1.54) is 11.8 Å². The Hall–Kier alpha value is -1.50. The second-order valence-electron chi connectivity index (χ2n) is 4.99. The molecule has 20 heavy (non-hydrogen) atoms. The Morgan fingerprint density at radius 3 is 2.60 bits per heavy atom. The second-order valence-corrected chi connectivity index (χ2v) is 5.94. The number of aromatic nitrogens is 2. The van der Waals surface area contributed by atoms with Gasteiger partial charge in [0.1, 0.15) is 0 Å². The van der Waals surface area contributed by atoms with Crippen molar-refractivity contribution in [2.24, 2.45) is 0 Å². The topological polar surface area (TPSA) is 75.4 Å². The van der Waals surface area contributed by atoms with Gasteiger partial charge in [-0.05, 0) is 5.92 Å². The highest BCUT2D eigenvalue weighted by molar-refractivity contribution is 7.99. The van der Waals surface area contributed by atoms with Crippen LogP contribution >= 0.6 is 11.8 Å². The Labute approximate surface area is 123 Å². The van der Waals surface area contributed by atoms with Gasteiger partial charge in [-0.1, -0.05) is 25.6 Å². The summed E-state index contributed by atoms with van der Waals surface area (Å²) < 4.78 is 1.94. The maximum atomic E-state index is 11.7. The normalized spacial score (nSPS) is 10.8. The molecule has 1 aromatic rings. The monoisotopic (exact) mass is 299 g/mol. The summed E-state index contributed by atoms with van der Waals surface area (Å²) in [6.07, 6.45) is 2.14. The first kappa shape index (κ1) is 16.6. The van der Waals surface area contributed by atoms with Gasteiger partial charge in [0.25, 0.3) is 0 Å². The molecule has 6 nitrogen and oxygen atoms in total. The molecule has 0 aliphatic rings. The largest absolute Gasteiger partial charge is 0.481 e.